The molecule has 0 fully saturated rings. The van der Waals surface area contributed by atoms with E-state index in [0.29, 0.717) is 0 Å². The molecule has 1 aromatic heterocycles. The fraction of sp³-hybridized carbons (Fsp3) is 0.700. The lowest BCUT2D eigenvalue weighted by Gasteiger charge is -2.20. The average molecular weight is 181 g/mol. The minimum atomic E-state index is 0.172. The summed E-state index contributed by atoms with van der Waals surface area (Å²) in [4.78, 5) is 4.16. The molecule has 0 aliphatic carbocycles. The molecule has 1 rings (SSSR count). The third kappa shape index (κ3) is 2.56. The van der Waals surface area contributed by atoms with E-state index in [2.05, 4.69) is 30.3 Å². The van der Waals surface area contributed by atoms with E-state index < -0.39 is 0 Å². The summed E-state index contributed by atoms with van der Waals surface area (Å²) in [6, 6.07) is 0. The van der Waals surface area contributed by atoms with Gasteiger partial charge in [-0.3, -0.25) is 0 Å². The maximum Gasteiger partial charge on any atom is 0.0948 e. The van der Waals surface area contributed by atoms with Crippen LogP contribution in [0, 0.1) is 0 Å². The lowest BCUT2D eigenvalue weighted by atomic mass is 9.92. The fourth-order valence-electron chi connectivity index (χ4n) is 1.39. The number of hydrogen-bond donors (Lipinski definition) is 1. The number of rotatable bonds is 3. The van der Waals surface area contributed by atoms with Crippen LogP contribution in [0.5, 0.6) is 0 Å². The minimum absolute atomic E-state index is 0.172. The van der Waals surface area contributed by atoms with E-state index in [1.54, 1.807) is 0 Å². The van der Waals surface area contributed by atoms with Crippen molar-refractivity contribution in [2.75, 3.05) is 6.54 Å². The monoisotopic (exact) mass is 181 g/mol. The lowest BCUT2D eigenvalue weighted by molar-refractivity contribution is 0.509. The molecule has 2 N–H and O–H groups in total. The van der Waals surface area contributed by atoms with Crippen molar-refractivity contribution >= 4 is 0 Å². The van der Waals surface area contributed by atoms with Gasteiger partial charge in [0.15, 0.2) is 0 Å². The Kier molecular flexibility index (Phi) is 3.09. The molecular formula is C10H19N3. The van der Waals surface area contributed by atoms with E-state index in [0.717, 1.165) is 19.5 Å². The molecule has 0 amide bonds. The van der Waals surface area contributed by atoms with Crippen molar-refractivity contribution in [2.45, 2.75) is 39.2 Å². The third-order valence-electron chi connectivity index (χ3n) is 2.08. The minimum Gasteiger partial charge on any atom is -0.334 e. The molecule has 0 radical (unpaired) electrons. The molecule has 0 aromatic carbocycles. The molecule has 0 saturated carbocycles. The molecule has 0 spiro atoms. The maximum atomic E-state index is 5.47. The van der Waals surface area contributed by atoms with Crippen LogP contribution in [0.2, 0.25) is 0 Å². The molecule has 13 heavy (non-hydrogen) atoms. The molecule has 3 nitrogen and oxygen atoms in total. The summed E-state index contributed by atoms with van der Waals surface area (Å²) in [6.45, 7) is 8.31. The first kappa shape index (κ1) is 10.3. The van der Waals surface area contributed by atoms with E-state index in [4.69, 9.17) is 5.73 Å². The van der Waals surface area contributed by atoms with E-state index in [1.807, 2.05) is 12.5 Å². The number of imidazole rings is 1. The smallest absolute Gasteiger partial charge is 0.0948 e. The highest BCUT2D eigenvalue weighted by atomic mass is 15.0. The van der Waals surface area contributed by atoms with E-state index in [9.17, 15) is 0 Å². The van der Waals surface area contributed by atoms with Crippen LogP contribution in [0.3, 0.4) is 0 Å². The first-order valence-corrected chi connectivity index (χ1v) is 4.76. The van der Waals surface area contributed by atoms with Crippen LogP contribution in [0.25, 0.3) is 0 Å². The highest BCUT2D eigenvalue weighted by Crippen LogP contribution is 2.21. The Bertz CT molecular complexity index is 257. The van der Waals surface area contributed by atoms with E-state index in [1.165, 1.54) is 5.69 Å². The molecule has 3 heteroatoms. The summed E-state index contributed by atoms with van der Waals surface area (Å²) in [7, 11) is 0. The molecule has 0 aliphatic rings. The predicted molar refractivity (Wildman–Crippen MR) is 54.6 cm³/mol. The zero-order valence-electron chi connectivity index (χ0n) is 8.75. The summed E-state index contributed by atoms with van der Waals surface area (Å²) in [5.41, 5.74) is 6.92. The molecule has 1 aromatic rings. The highest BCUT2D eigenvalue weighted by molar-refractivity contribution is 5.10. The van der Waals surface area contributed by atoms with Crippen molar-refractivity contribution in [3.63, 3.8) is 0 Å². The van der Waals surface area contributed by atoms with Gasteiger partial charge in [-0.15, -0.1) is 0 Å². The molecule has 0 atom stereocenters. The SMILES string of the molecule is CC(C)(C)c1cncn1CCCN. The van der Waals surface area contributed by atoms with Gasteiger partial charge in [-0.25, -0.2) is 4.98 Å². The van der Waals surface area contributed by atoms with Gasteiger partial charge in [0.1, 0.15) is 0 Å². The van der Waals surface area contributed by atoms with Crippen LogP contribution in [0.15, 0.2) is 12.5 Å². The van der Waals surface area contributed by atoms with Gasteiger partial charge in [0.25, 0.3) is 0 Å². The Morgan fingerprint density at radius 3 is 2.69 bits per heavy atom. The number of aromatic nitrogens is 2. The highest BCUT2D eigenvalue weighted by Gasteiger charge is 2.17. The Labute approximate surface area is 80.0 Å². The second-order valence-electron chi connectivity index (χ2n) is 4.36. The van der Waals surface area contributed by atoms with Crippen molar-refractivity contribution in [3.05, 3.63) is 18.2 Å². The fourth-order valence-corrected chi connectivity index (χ4v) is 1.39. The molecule has 0 unspecified atom stereocenters. The Morgan fingerprint density at radius 2 is 2.15 bits per heavy atom. The zero-order chi connectivity index (χ0) is 9.90. The molecule has 0 aliphatic heterocycles. The summed E-state index contributed by atoms with van der Waals surface area (Å²) in [5.74, 6) is 0. The van der Waals surface area contributed by atoms with Gasteiger partial charge < -0.3 is 10.3 Å². The van der Waals surface area contributed by atoms with Crippen molar-refractivity contribution in [1.82, 2.24) is 9.55 Å². The largest absolute Gasteiger partial charge is 0.334 e. The number of hydrogen-bond acceptors (Lipinski definition) is 2. The lowest BCUT2D eigenvalue weighted by Crippen LogP contribution is -2.18. The van der Waals surface area contributed by atoms with Gasteiger partial charge in [0.05, 0.1) is 6.33 Å². The maximum absolute atomic E-state index is 5.47. The number of aryl methyl sites for hydroxylation is 1. The van der Waals surface area contributed by atoms with Crippen LogP contribution in [-0.4, -0.2) is 16.1 Å². The van der Waals surface area contributed by atoms with E-state index >= 15 is 0 Å². The van der Waals surface area contributed by atoms with Gasteiger partial charge in [-0.1, -0.05) is 20.8 Å². The van der Waals surface area contributed by atoms with Gasteiger partial charge in [0, 0.05) is 23.9 Å². The second kappa shape index (κ2) is 3.92. The normalized spacial score (nSPS) is 12.0. The molecule has 1 heterocycles. The van der Waals surface area contributed by atoms with Crippen LogP contribution in [0.1, 0.15) is 32.9 Å². The van der Waals surface area contributed by atoms with Gasteiger partial charge in [-0.2, -0.15) is 0 Å². The van der Waals surface area contributed by atoms with Crippen molar-refractivity contribution in [2.24, 2.45) is 5.73 Å². The van der Waals surface area contributed by atoms with Gasteiger partial charge in [0.2, 0.25) is 0 Å². The summed E-state index contributed by atoms with van der Waals surface area (Å²) >= 11 is 0. The number of nitrogens with two attached hydrogens (primary N) is 1. The summed E-state index contributed by atoms with van der Waals surface area (Å²) < 4.78 is 2.19. The number of nitrogens with zero attached hydrogens (tertiary/aromatic N) is 2. The van der Waals surface area contributed by atoms with Gasteiger partial charge in [-0.05, 0) is 13.0 Å². The zero-order valence-corrected chi connectivity index (χ0v) is 8.75. The van der Waals surface area contributed by atoms with Gasteiger partial charge >= 0.3 is 0 Å². The van der Waals surface area contributed by atoms with Crippen molar-refractivity contribution in [3.8, 4) is 0 Å². The van der Waals surface area contributed by atoms with Crippen LogP contribution >= 0.6 is 0 Å². The Hall–Kier alpha value is -0.830. The quantitative estimate of drug-likeness (QED) is 0.768. The van der Waals surface area contributed by atoms with Crippen molar-refractivity contribution < 1.29 is 0 Å². The predicted octanol–water partition coefficient (Wildman–Crippen LogP) is 1.53. The topological polar surface area (TPSA) is 43.8 Å². The average Bonchev–Trinajstić information content (AvgIpc) is 2.47. The van der Waals surface area contributed by atoms with Crippen LogP contribution in [0.4, 0.5) is 0 Å². The van der Waals surface area contributed by atoms with Crippen molar-refractivity contribution in [1.29, 1.82) is 0 Å². The molecule has 0 saturated heterocycles. The first-order valence-electron chi connectivity index (χ1n) is 4.76. The molecular weight excluding hydrogens is 162 g/mol. The standard InChI is InChI=1S/C10H19N3/c1-10(2,3)9-7-12-8-13(9)6-4-5-11/h7-8H,4-6,11H2,1-3H3. The van der Waals surface area contributed by atoms with Crippen LogP contribution in [-0.2, 0) is 12.0 Å². The Balaban J connectivity index is 2.77. The molecule has 74 valence electrons. The summed E-state index contributed by atoms with van der Waals surface area (Å²) in [5, 5.41) is 0. The van der Waals surface area contributed by atoms with Crippen LogP contribution < -0.4 is 5.73 Å². The first-order chi connectivity index (χ1) is 6.05. The summed E-state index contributed by atoms with van der Waals surface area (Å²) in [6.07, 6.45) is 4.84. The third-order valence-corrected chi connectivity index (χ3v) is 2.08. The second-order valence-corrected chi connectivity index (χ2v) is 4.36. The van der Waals surface area contributed by atoms with E-state index in [-0.39, 0.29) is 5.41 Å². The molecule has 0 bridgehead atoms. The Morgan fingerprint density at radius 1 is 1.46 bits per heavy atom.